The van der Waals surface area contributed by atoms with Gasteiger partial charge in [-0.3, -0.25) is 4.79 Å². The van der Waals surface area contributed by atoms with Gasteiger partial charge in [-0.25, -0.2) is 0 Å². The molecule has 2 aromatic rings. The molecule has 0 spiro atoms. The van der Waals surface area contributed by atoms with E-state index in [0.717, 1.165) is 21.8 Å². The summed E-state index contributed by atoms with van der Waals surface area (Å²) >= 11 is 6.82. The van der Waals surface area contributed by atoms with Gasteiger partial charge in [0, 0.05) is 21.8 Å². The molecule has 0 aromatic heterocycles. The summed E-state index contributed by atoms with van der Waals surface area (Å²) in [6, 6.07) is 16.3. The van der Waals surface area contributed by atoms with Crippen LogP contribution in [0.25, 0.3) is 0 Å². The van der Waals surface area contributed by atoms with E-state index in [-0.39, 0.29) is 12.4 Å². The monoisotopic (exact) mass is 430 g/mol. The Morgan fingerprint density at radius 3 is 1.38 bits per heavy atom. The maximum atomic E-state index is 11.9. The Bertz CT molecular complexity index is 513. The van der Waals surface area contributed by atoms with Crippen molar-refractivity contribution in [3.8, 4) is 0 Å². The quantitative estimate of drug-likeness (QED) is 0.567. The zero-order valence-corrected chi connectivity index (χ0v) is 15.5. The molecule has 0 radical (unpaired) electrons. The fraction of sp³-hybridized carbons (Fsp3) is 0.235. The fourth-order valence-electron chi connectivity index (χ4n) is 1.99. The highest BCUT2D eigenvalue weighted by atomic mass is 79.9. The Balaban J connectivity index is 0.00000220. The molecule has 4 heteroatoms. The molecule has 0 aliphatic heterocycles. The number of Topliss-reactive ketones (excluding diaryl/α,β-unsaturated/α-hetero) is 1. The number of carbonyl (C=O) groups excluding carboxylic acids is 1. The van der Waals surface area contributed by atoms with Crippen LogP contribution >= 0.6 is 44.3 Å². The molecule has 0 heterocycles. The van der Waals surface area contributed by atoms with E-state index in [2.05, 4.69) is 56.1 Å². The van der Waals surface area contributed by atoms with Crippen LogP contribution in [0.2, 0.25) is 0 Å². The molecule has 2 rings (SSSR count). The highest BCUT2D eigenvalue weighted by Gasteiger charge is 2.04. The Labute approximate surface area is 148 Å². The largest absolute Gasteiger partial charge is 0.300 e. The fourth-order valence-corrected chi connectivity index (χ4v) is 2.52. The van der Waals surface area contributed by atoms with Gasteiger partial charge in [-0.2, -0.15) is 0 Å². The van der Waals surface area contributed by atoms with Gasteiger partial charge in [-0.15, -0.1) is 12.4 Å². The first-order valence-corrected chi connectivity index (χ1v) is 8.23. The lowest BCUT2D eigenvalue weighted by molar-refractivity contribution is -0.119. The van der Waals surface area contributed by atoms with E-state index in [0.29, 0.717) is 18.6 Å². The van der Waals surface area contributed by atoms with Gasteiger partial charge in [0.2, 0.25) is 0 Å². The molecular weight excluding hydrogens is 415 g/mol. The summed E-state index contributed by atoms with van der Waals surface area (Å²) < 4.78 is 2.14. The minimum atomic E-state index is 0. The van der Waals surface area contributed by atoms with Crippen molar-refractivity contribution in [2.75, 3.05) is 0 Å². The van der Waals surface area contributed by atoms with Crippen LogP contribution in [0.1, 0.15) is 24.0 Å². The number of carbonyl (C=O) groups is 1. The summed E-state index contributed by atoms with van der Waals surface area (Å²) in [6.45, 7) is 0. The van der Waals surface area contributed by atoms with Crippen LogP contribution in [0.3, 0.4) is 0 Å². The van der Waals surface area contributed by atoms with Crippen LogP contribution in [-0.4, -0.2) is 5.78 Å². The summed E-state index contributed by atoms with van der Waals surface area (Å²) in [7, 11) is 0. The lowest BCUT2D eigenvalue weighted by atomic mass is 10.0. The van der Waals surface area contributed by atoms with Gasteiger partial charge in [0.15, 0.2) is 0 Å². The van der Waals surface area contributed by atoms with Crippen LogP contribution < -0.4 is 0 Å². The summed E-state index contributed by atoms with van der Waals surface area (Å²) in [4.78, 5) is 11.9. The van der Waals surface area contributed by atoms with Gasteiger partial charge in [-0.1, -0.05) is 56.1 Å². The topological polar surface area (TPSA) is 17.1 Å². The van der Waals surface area contributed by atoms with E-state index >= 15 is 0 Å². The van der Waals surface area contributed by atoms with E-state index in [1.165, 1.54) is 11.1 Å². The molecule has 0 saturated heterocycles. The molecule has 0 unspecified atom stereocenters. The molecule has 1 nitrogen and oxygen atoms in total. The average molecular weight is 433 g/mol. The van der Waals surface area contributed by atoms with Crippen molar-refractivity contribution in [3.63, 3.8) is 0 Å². The smallest absolute Gasteiger partial charge is 0.133 e. The standard InChI is InChI=1S/C17H16Br2O.ClH/c18-15-7-1-13(2-8-15)5-11-17(20)12-6-14-3-9-16(19)10-4-14;/h1-4,7-10H,5-6,11-12H2;1H. The third-order valence-corrected chi connectivity index (χ3v) is 4.27. The molecule has 21 heavy (non-hydrogen) atoms. The molecule has 0 amide bonds. The number of ketones is 1. The van der Waals surface area contributed by atoms with Crippen LogP contribution in [0.5, 0.6) is 0 Å². The predicted molar refractivity (Wildman–Crippen MR) is 97.2 cm³/mol. The van der Waals surface area contributed by atoms with Gasteiger partial charge in [0.05, 0.1) is 0 Å². The number of hydrogen-bond acceptors (Lipinski definition) is 1. The molecule has 0 bridgehead atoms. The summed E-state index contributed by atoms with van der Waals surface area (Å²) in [5.41, 5.74) is 2.43. The van der Waals surface area contributed by atoms with Crippen LogP contribution in [0.4, 0.5) is 0 Å². The van der Waals surface area contributed by atoms with Crippen molar-refractivity contribution in [2.45, 2.75) is 25.7 Å². The van der Waals surface area contributed by atoms with E-state index < -0.39 is 0 Å². The number of benzene rings is 2. The minimum absolute atomic E-state index is 0. The maximum absolute atomic E-state index is 11.9. The highest BCUT2D eigenvalue weighted by molar-refractivity contribution is 9.10. The number of hydrogen-bond donors (Lipinski definition) is 0. The third-order valence-electron chi connectivity index (χ3n) is 3.21. The second-order valence-corrected chi connectivity index (χ2v) is 6.62. The van der Waals surface area contributed by atoms with Crippen molar-refractivity contribution in [2.24, 2.45) is 0 Å². The second kappa shape index (κ2) is 9.39. The SMILES string of the molecule is Cl.O=C(CCc1ccc(Br)cc1)CCc1ccc(Br)cc1. The third kappa shape index (κ3) is 6.77. The molecule has 0 saturated carbocycles. The molecule has 112 valence electrons. The molecule has 0 N–H and O–H groups in total. The second-order valence-electron chi connectivity index (χ2n) is 4.79. The van der Waals surface area contributed by atoms with E-state index in [4.69, 9.17) is 0 Å². The van der Waals surface area contributed by atoms with Crippen molar-refractivity contribution < 1.29 is 4.79 Å². The molecule has 0 fully saturated rings. The van der Waals surface area contributed by atoms with Gasteiger partial charge in [0.25, 0.3) is 0 Å². The molecule has 0 aliphatic carbocycles. The molecular formula is C17H17Br2ClO. The van der Waals surface area contributed by atoms with E-state index in [1.807, 2.05) is 24.3 Å². The predicted octanol–water partition coefficient (Wildman–Crippen LogP) is 5.77. The van der Waals surface area contributed by atoms with Crippen molar-refractivity contribution in [3.05, 3.63) is 68.6 Å². The molecule has 2 aromatic carbocycles. The Morgan fingerprint density at radius 2 is 1.05 bits per heavy atom. The lowest BCUT2D eigenvalue weighted by Crippen LogP contribution is -2.02. The van der Waals surface area contributed by atoms with Crippen LogP contribution in [-0.2, 0) is 17.6 Å². The number of halogens is 3. The normalized spacial score (nSPS) is 10.0. The van der Waals surface area contributed by atoms with Crippen LogP contribution in [0, 0.1) is 0 Å². The van der Waals surface area contributed by atoms with E-state index in [9.17, 15) is 4.79 Å². The number of aryl methyl sites for hydroxylation is 2. The first-order chi connectivity index (χ1) is 9.63. The lowest BCUT2D eigenvalue weighted by Gasteiger charge is -2.03. The Kier molecular flexibility index (Phi) is 8.23. The van der Waals surface area contributed by atoms with Crippen molar-refractivity contribution >= 4 is 50.1 Å². The Hall–Kier alpha value is -0.640. The van der Waals surface area contributed by atoms with Gasteiger partial charge < -0.3 is 0 Å². The van der Waals surface area contributed by atoms with Crippen LogP contribution in [0.15, 0.2) is 57.5 Å². The maximum Gasteiger partial charge on any atom is 0.133 e. The van der Waals surface area contributed by atoms with Gasteiger partial charge >= 0.3 is 0 Å². The first kappa shape index (κ1) is 18.4. The number of rotatable bonds is 6. The van der Waals surface area contributed by atoms with Gasteiger partial charge in [-0.05, 0) is 48.2 Å². The minimum Gasteiger partial charge on any atom is -0.300 e. The summed E-state index contributed by atoms with van der Waals surface area (Å²) in [6.07, 6.45) is 2.90. The Morgan fingerprint density at radius 1 is 0.714 bits per heavy atom. The summed E-state index contributed by atoms with van der Waals surface area (Å²) in [5.74, 6) is 0.329. The zero-order valence-electron chi connectivity index (χ0n) is 11.5. The summed E-state index contributed by atoms with van der Waals surface area (Å²) in [5, 5.41) is 0. The zero-order chi connectivity index (χ0) is 14.4. The van der Waals surface area contributed by atoms with Gasteiger partial charge in [0.1, 0.15) is 5.78 Å². The molecule has 0 aliphatic rings. The molecule has 0 atom stereocenters. The average Bonchev–Trinajstić information content (AvgIpc) is 2.46. The first-order valence-electron chi connectivity index (χ1n) is 6.64. The van der Waals surface area contributed by atoms with E-state index in [1.54, 1.807) is 0 Å². The van der Waals surface area contributed by atoms with Crippen molar-refractivity contribution in [1.29, 1.82) is 0 Å². The van der Waals surface area contributed by atoms with Crippen molar-refractivity contribution in [1.82, 2.24) is 0 Å². The highest BCUT2D eigenvalue weighted by Crippen LogP contribution is 2.14.